The van der Waals surface area contributed by atoms with Crippen molar-refractivity contribution in [2.24, 2.45) is 5.41 Å². The second-order valence-corrected chi connectivity index (χ2v) is 5.08. The minimum atomic E-state index is -0.834. The Morgan fingerprint density at radius 3 is 2.60 bits per heavy atom. The van der Waals surface area contributed by atoms with Gasteiger partial charge in [0.25, 0.3) is 5.69 Å². The van der Waals surface area contributed by atoms with Crippen LogP contribution in [0.2, 0.25) is 0 Å². The molecule has 1 heterocycles. The summed E-state index contributed by atoms with van der Waals surface area (Å²) in [6.07, 6.45) is 1.71. The molecule has 1 aliphatic rings. The number of carboxylic acids is 1. The number of para-hydroxylation sites is 1. The van der Waals surface area contributed by atoms with Crippen LogP contribution in [0.1, 0.15) is 24.8 Å². The number of ether oxygens (including phenoxy) is 1. The molecule has 1 aromatic carbocycles. The van der Waals surface area contributed by atoms with Crippen molar-refractivity contribution in [1.82, 2.24) is 0 Å². The third-order valence-electron chi connectivity index (χ3n) is 3.96. The molecular formula is C14H17NO5. The van der Waals surface area contributed by atoms with Crippen molar-refractivity contribution in [3.05, 3.63) is 39.9 Å². The standard InChI is InChI=1S/C14H17NO5/c16-13(17)14(7-9-20-10-8-14)6-5-11-3-1-2-4-12(11)15(18)19/h1-4H,5-10H2,(H,16,17). The smallest absolute Gasteiger partial charge is 0.309 e. The molecule has 0 spiro atoms. The normalized spacial score (nSPS) is 17.6. The predicted molar refractivity (Wildman–Crippen MR) is 71.5 cm³/mol. The van der Waals surface area contributed by atoms with Crippen LogP contribution in [0.5, 0.6) is 0 Å². The van der Waals surface area contributed by atoms with E-state index in [1.54, 1.807) is 18.2 Å². The van der Waals surface area contributed by atoms with Gasteiger partial charge >= 0.3 is 5.97 Å². The molecule has 6 heteroatoms. The summed E-state index contributed by atoms with van der Waals surface area (Å²) in [6.45, 7) is 0.867. The van der Waals surface area contributed by atoms with Crippen LogP contribution in [0, 0.1) is 15.5 Å². The molecule has 0 atom stereocenters. The van der Waals surface area contributed by atoms with Crippen LogP contribution in [0.3, 0.4) is 0 Å². The lowest BCUT2D eigenvalue weighted by atomic mass is 9.75. The van der Waals surface area contributed by atoms with E-state index in [9.17, 15) is 20.0 Å². The lowest BCUT2D eigenvalue weighted by Crippen LogP contribution is -2.37. The van der Waals surface area contributed by atoms with E-state index in [1.165, 1.54) is 6.07 Å². The maximum atomic E-state index is 11.5. The van der Waals surface area contributed by atoms with Crippen LogP contribution < -0.4 is 0 Å². The Morgan fingerprint density at radius 1 is 1.35 bits per heavy atom. The molecule has 0 radical (unpaired) electrons. The largest absolute Gasteiger partial charge is 0.481 e. The fourth-order valence-electron chi connectivity index (χ4n) is 2.61. The van der Waals surface area contributed by atoms with E-state index in [0.29, 0.717) is 44.5 Å². The van der Waals surface area contributed by atoms with Crippen LogP contribution in [-0.4, -0.2) is 29.2 Å². The number of hydrogen-bond donors (Lipinski definition) is 1. The molecule has 1 aliphatic heterocycles. The lowest BCUT2D eigenvalue weighted by Gasteiger charge is -2.33. The minimum Gasteiger partial charge on any atom is -0.481 e. The maximum Gasteiger partial charge on any atom is 0.309 e. The third-order valence-corrected chi connectivity index (χ3v) is 3.96. The summed E-state index contributed by atoms with van der Waals surface area (Å²) in [5, 5.41) is 20.4. The molecule has 20 heavy (non-hydrogen) atoms. The quantitative estimate of drug-likeness (QED) is 0.660. The van der Waals surface area contributed by atoms with Crippen molar-refractivity contribution >= 4 is 11.7 Å². The van der Waals surface area contributed by atoms with Crippen LogP contribution in [0.15, 0.2) is 24.3 Å². The van der Waals surface area contributed by atoms with Gasteiger partial charge in [-0.2, -0.15) is 0 Å². The first kappa shape index (κ1) is 14.5. The van der Waals surface area contributed by atoms with E-state index < -0.39 is 16.3 Å². The molecule has 6 nitrogen and oxygen atoms in total. The molecule has 0 aliphatic carbocycles. The molecule has 1 saturated heterocycles. The maximum absolute atomic E-state index is 11.5. The highest BCUT2D eigenvalue weighted by Gasteiger charge is 2.40. The van der Waals surface area contributed by atoms with Crippen molar-refractivity contribution in [2.45, 2.75) is 25.7 Å². The number of carbonyl (C=O) groups is 1. The molecule has 108 valence electrons. The summed E-state index contributed by atoms with van der Waals surface area (Å²) in [4.78, 5) is 22.1. The average molecular weight is 279 g/mol. The highest BCUT2D eigenvalue weighted by Crippen LogP contribution is 2.36. The first-order valence-electron chi connectivity index (χ1n) is 6.59. The number of hydrogen-bond acceptors (Lipinski definition) is 4. The first-order chi connectivity index (χ1) is 9.55. The van der Waals surface area contributed by atoms with E-state index in [4.69, 9.17) is 4.74 Å². The monoisotopic (exact) mass is 279 g/mol. The minimum absolute atomic E-state index is 0.0556. The molecule has 0 unspecified atom stereocenters. The summed E-state index contributed by atoms with van der Waals surface area (Å²) in [6, 6.07) is 6.49. The second kappa shape index (κ2) is 6.00. The first-order valence-corrected chi connectivity index (χ1v) is 6.59. The van der Waals surface area contributed by atoms with E-state index in [2.05, 4.69) is 0 Å². The van der Waals surface area contributed by atoms with Gasteiger partial charge in [-0.15, -0.1) is 0 Å². The molecule has 0 saturated carbocycles. The fourth-order valence-corrected chi connectivity index (χ4v) is 2.61. The van der Waals surface area contributed by atoms with Crippen LogP contribution in [-0.2, 0) is 16.0 Å². The average Bonchev–Trinajstić information content (AvgIpc) is 2.46. The number of carboxylic acid groups (broad SMARTS) is 1. The predicted octanol–water partition coefficient (Wildman–Crippen LogP) is 2.41. The Labute approximate surface area is 116 Å². The molecule has 0 aromatic heterocycles. The van der Waals surface area contributed by atoms with Gasteiger partial charge in [0.15, 0.2) is 0 Å². The number of aryl methyl sites for hydroxylation is 1. The summed E-state index contributed by atoms with van der Waals surface area (Å²) < 4.78 is 5.22. The Hall–Kier alpha value is -1.95. The Kier molecular flexibility index (Phi) is 4.34. The van der Waals surface area contributed by atoms with Crippen LogP contribution in [0.25, 0.3) is 0 Å². The highest BCUT2D eigenvalue weighted by atomic mass is 16.6. The van der Waals surface area contributed by atoms with E-state index in [0.717, 1.165) is 0 Å². The second-order valence-electron chi connectivity index (χ2n) is 5.08. The molecule has 2 rings (SSSR count). The molecule has 0 bridgehead atoms. The van der Waals surface area contributed by atoms with Gasteiger partial charge in [-0.3, -0.25) is 14.9 Å². The van der Waals surface area contributed by atoms with Gasteiger partial charge in [-0.1, -0.05) is 18.2 Å². The highest BCUT2D eigenvalue weighted by molar-refractivity contribution is 5.74. The van der Waals surface area contributed by atoms with Gasteiger partial charge in [0.2, 0.25) is 0 Å². The molecular weight excluding hydrogens is 262 g/mol. The van der Waals surface area contributed by atoms with Crippen LogP contribution in [0.4, 0.5) is 5.69 Å². The number of benzene rings is 1. The van der Waals surface area contributed by atoms with E-state index >= 15 is 0 Å². The molecule has 1 fully saturated rings. The molecule has 1 aromatic rings. The number of nitro groups is 1. The zero-order valence-electron chi connectivity index (χ0n) is 11.1. The van der Waals surface area contributed by atoms with Gasteiger partial charge in [0.05, 0.1) is 10.3 Å². The van der Waals surface area contributed by atoms with Crippen molar-refractivity contribution in [3.8, 4) is 0 Å². The number of rotatable bonds is 5. The van der Waals surface area contributed by atoms with Gasteiger partial charge in [0, 0.05) is 24.8 Å². The fraction of sp³-hybridized carbons (Fsp3) is 0.500. The van der Waals surface area contributed by atoms with Crippen LogP contribution >= 0.6 is 0 Å². The van der Waals surface area contributed by atoms with Crippen molar-refractivity contribution in [1.29, 1.82) is 0 Å². The molecule has 1 N–H and O–H groups in total. The summed E-state index contributed by atoms with van der Waals surface area (Å²) >= 11 is 0. The molecule has 0 amide bonds. The van der Waals surface area contributed by atoms with Gasteiger partial charge in [-0.05, 0) is 25.7 Å². The van der Waals surface area contributed by atoms with E-state index in [-0.39, 0.29) is 5.69 Å². The Morgan fingerprint density at radius 2 is 2.00 bits per heavy atom. The van der Waals surface area contributed by atoms with Crippen molar-refractivity contribution in [2.75, 3.05) is 13.2 Å². The Bertz CT molecular complexity index is 508. The number of nitro benzene ring substituents is 1. The third kappa shape index (κ3) is 2.96. The SMILES string of the molecule is O=C(O)C1(CCc2ccccc2[N+](=O)[O-])CCOCC1. The van der Waals surface area contributed by atoms with Gasteiger partial charge in [0.1, 0.15) is 0 Å². The topological polar surface area (TPSA) is 89.7 Å². The van der Waals surface area contributed by atoms with Gasteiger partial charge < -0.3 is 9.84 Å². The van der Waals surface area contributed by atoms with Crippen molar-refractivity contribution < 1.29 is 19.6 Å². The zero-order chi connectivity index (χ0) is 14.6. The zero-order valence-corrected chi connectivity index (χ0v) is 11.1. The summed E-state index contributed by atoms with van der Waals surface area (Å²) in [5.41, 5.74) is -0.174. The van der Waals surface area contributed by atoms with E-state index in [1.807, 2.05) is 0 Å². The number of nitrogens with zero attached hydrogens (tertiary/aromatic N) is 1. The lowest BCUT2D eigenvalue weighted by molar-refractivity contribution is -0.385. The number of aliphatic carboxylic acids is 1. The van der Waals surface area contributed by atoms with Crippen molar-refractivity contribution in [3.63, 3.8) is 0 Å². The summed E-state index contributed by atoms with van der Waals surface area (Å²) in [5.74, 6) is -0.834. The summed E-state index contributed by atoms with van der Waals surface area (Å²) in [7, 11) is 0. The Balaban J connectivity index is 2.14. The van der Waals surface area contributed by atoms with Gasteiger partial charge in [-0.25, -0.2) is 0 Å².